The first-order valence-electron chi connectivity index (χ1n) is 7.86. The molecule has 4 rings (SSSR count). The molecule has 0 radical (unpaired) electrons. The molecule has 2 aromatic heterocycles. The summed E-state index contributed by atoms with van der Waals surface area (Å²) in [5, 5.41) is 0. The molecule has 0 amide bonds. The first-order chi connectivity index (χ1) is 12.4. The maximum Gasteiger partial charge on any atom is 0.231 e. The van der Waals surface area contributed by atoms with Gasteiger partial charge in [0.15, 0.2) is 11.5 Å². The lowest BCUT2D eigenvalue weighted by Gasteiger charge is -2.00. The van der Waals surface area contributed by atoms with Crippen molar-refractivity contribution in [3.8, 4) is 11.5 Å². The number of benzene rings is 1. The normalized spacial score (nSPS) is 12.8. The van der Waals surface area contributed by atoms with Crippen molar-refractivity contribution in [2.75, 3.05) is 6.79 Å². The highest BCUT2D eigenvalue weighted by Gasteiger charge is 2.12. The number of hydrogen-bond donors (Lipinski definition) is 0. The van der Waals surface area contributed by atoms with Gasteiger partial charge < -0.3 is 18.6 Å². The third-order valence-corrected chi connectivity index (χ3v) is 3.61. The number of nitrogens with zero attached hydrogens (tertiary/aromatic N) is 2. The minimum absolute atomic E-state index is 0.268. The SMILES string of the molecule is C(=C\c1nc(COCc2ccccn2)co1)/c1ccc2c(c1)OCO2. The van der Waals surface area contributed by atoms with Crippen LogP contribution in [0.15, 0.2) is 53.3 Å². The van der Waals surface area contributed by atoms with Crippen LogP contribution in [-0.4, -0.2) is 16.8 Å². The second-order valence-electron chi connectivity index (χ2n) is 5.44. The molecule has 0 N–H and O–H groups in total. The molecule has 0 unspecified atom stereocenters. The molecule has 1 aliphatic heterocycles. The van der Waals surface area contributed by atoms with Crippen LogP contribution >= 0.6 is 0 Å². The molecule has 0 saturated carbocycles. The van der Waals surface area contributed by atoms with E-state index in [2.05, 4.69) is 9.97 Å². The van der Waals surface area contributed by atoms with E-state index in [0.29, 0.717) is 19.1 Å². The summed E-state index contributed by atoms with van der Waals surface area (Å²) in [4.78, 5) is 8.58. The lowest BCUT2D eigenvalue weighted by Crippen LogP contribution is -1.96. The quantitative estimate of drug-likeness (QED) is 0.684. The van der Waals surface area contributed by atoms with Crippen molar-refractivity contribution in [2.24, 2.45) is 0 Å². The average Bonchev–Trinajstić information content (AvgIpc) is 3.29. The second kappa shape index (κ2) is 7.19. The third kappa shape index (κ3) is 3.87. The highest BCUT2D eigenvalue weighted by molar-refractivity contribution is 5.68. The van der Waals surface area contributed by atoms with Crippen LogP contribution in [0.25, 0.3) is 12.2 Å². The van der Waals surface area contributed by atoms with Crippen LogP contribution in [0, 0.1) is 0 Å². The standard InChI is InChI=1S/C19H16N2O4/c1-2-8-20-15(3-1)10-22-11-16-12-23-19(21-16)7-5-14-4-6-17-18(9-14)25-13-24-17/h1-9,12H,10-11,13H2/b7-5+. The highest BCUT2D eigenvalue weighted by Crippen LogP contribution is 2.32. The third-order valence-electron chi connectivity index (χ3n) is 3.61. The van der Waals surface area contributed by atoms with Gasteiger partial charge in [-0.15, -0.1) is 0 Å². The smallest absolute Gasteiger partial charge is 0.231 e. The van der Waals surface area contributed by atoms with Crippen LogP contribution in [0.1, 0.15) is 22.8 Å². The number of aromatic nitrogens is 2. The van der Waals surface area contributed by atoms with E-state index >= 15 is 0 Å². The molecule has 6 heteroatoms. The van der Waals surface area contributed by atoms with Crippen molar-refractivity contribution in [1.82, 2.24) is 9.97 Å². The van der Waals surface area contributed by atoms with Gasteiger partial charge in [0.2, 0.25) is 12.7 Å². The Balaban J connectivity index is 1.33. The van der Waals surface area contributed by atoms with Gasteiger partial charge in [0.25, 0.3) is 0 Å². The van der Waals surface area contributed by atoms with Crippen molar-refractivity contribution >= 4 is 12.2 Å². The van der Waals surface area contributed by atoms with Crippen LogP contribution in [0.4, 0.5) is 0 Å². The lowest BCUT2D eigenvalue weighted by molar-refractivity contribution is 0.102. The van der Waals surface area contributed by atoms with E-state index in [4.69, 9.17) is 18.6 Å². The average molecular weight is 336 g/mol. The summed E-state index contributed by atoms with van der Waals surface area (Å²) in [6.07, 6.45) is 7.05. The summed E-state index contributed by atoms with van der Waals surface area (Å²) in [6.45, 7) is 1.08. The Bertz CT molecular complexity index is 874. The zero-order valence-corrected chi connectivity index (χ0v) is 13.4. The number of fused-ring (bicyclic) bond motifs is 1. The van der Waals surface area contributed by atoms with Crippen molar-refractivity contribution in [1.29, 1.82) is 0 Å². The minimum atomic E-state index is 0.268. The Labute approximate surface area is 144 Å². The summed E-state index contributed by atoms with van der Waals surface area (Å²) in [5.74, 6) is 2.04. The first kappa shape index (κ1) is 15.4. The molecule has 6 nitrogen and oxygen atoms in total. The number of oxazole rings is 1. The Morgan fingerprint density at radius 1 is 1.00 bits per heavy atom. The van der Waals surface area contributed by atoms with E-state index in [9.17, 15) is 0 Å². The van der Waals surface area contributed by atoms with E-state index < -0.39 is 0 Å². The Morgan fingerprint density at radius 2 is 1.92 bits per heavy atom. The Hall–Kier alpha value is -3.12. The van der Waals surface area contributed by atoms with E-state index in [1.807, 2.05) is 42.5 Å². The number of ether oxygens (including phenoxy) is 3. The molecule has 126 valence electrons. The van der Waals surface area contributed by atoms with Gasteiger partial charge in [0, 0.05) is 12.3 Å². The van der Waals surface area contributed by atoms with Crippen molar-refractivity contribution in [2.45, 2.75) is 13.2 Å². The monoisotopic (exact) mass is 336 g/mol. The second-order valence-corrected chi connectivity index (χ2v) is 5.44. The molecule has 0 fully saturated rings. The predicted octanol–water partition coefficient (Wildman–Crippen LogP) is 3.69. The minimum Gasteiger partial charge on any atom is -0.454 e. The van der Waals surface area contributed by atoms with Gasteiger partial charge >= 0.3 is 0 Å². The van der Waals surface area contributed by atoms with Gasteiger partial charge in [-0.05, 0) is 35.9 Å². The van der Waals surface area contributed by atoms with Gasteiger partial charge in [0.1, 0.15) is 12.0 Å². The van der Waals surface area contributed by atoms with E-state index in [0.717, 1.165) is 28.5 Å². The molecule has 3 aromatic rings. The molecule has 1 aromatic carbocycles. The number of rotatable bonds is 6. The molecule has 0 spiro atoms. The summed E-state index contributed by atoms with van der Waals surface area (Å²) < 4.78 is 21.7. The summed E-state index contributed by atoms with van der Waals surface area (Å²) >= 11 is 0. The fourth-order valence-electron chi connectivity index (χ4n) is 2.39. The molecular formula is C19H16N2O4. The lowest BCUT2D eigenvalue weighted by atomic mass is 10.2. The Kier molecular flexibility index (Phi) is 4.43. The van der Waals surface area contributed by atoms with Crippen molar-refractivity contribution in [3.05, 3.63) is 71.7 Å². The summed E-state index contributed by atoms with van der Waals surface area (Å²) in [7, 11) is 0. The fourth-order valence-corrected chi connectivity index (χ4v) is 2.39. The van der Waals surface area contributed by atoms with E-state index in [-0.39, 0.29) is 6.79 Å². The highest BCUT2D eigenvalue weighted by atomic mass is 16.7. The molecule has 25 heavy (non-hydrogen) atoms. The Morgan fingerprint density at radius 3 is 2.84 bits per heavy atom. The van der Waals surface area contributed by atoms with E-state index in [1.54, 1.807) is 18.5 Å². The number of pyridine rings is 1. The molecule has 3 heterocycles. The topological polar surface area (TPSA) is 66.6 Å². The van der Waals surface area contributed by atoms with Gasteiger partial charge in [-0.25, -0.2) is 4.98 Å². The van der Waals surface area contributed by atoms with Gasteiger partial charge in [-0.3, -0.25) is 4.98 Å². The predicted molar refractivity (Wildman–Crippen MR) is 90.7 cm³/mol. The molecule has 0 atom stereocenters. The fraction of sp³-hybridized carbons (Fsp3) is 0.158. The molecule has 0 saturated heterocycles. The van der Waals surface area contributed by atoms with Crippen molar-refractivity contribution in [3.63, 3.8) is 0 Å². The van der Waals surface area contributed by atoms with Crippen LogP contribution in [-0.2, 0) is 18.0 Å². The zero-order valence-electron chi connectivity index (χ0n) is 13.4. The summed E-state index contributed by atoms with van der Waals surface area (Å²) in [6, 6.07) is 11.5. The largest absolute Gasteiger partial charge is 0.454 e. The molecule has 0 bridgehead atoms. The summed E-state index contributed by atoms with van der Waals surface area (Å²) in [5.41, 5.74) is 2.60. The maximum atomic E-state index is 5.59. The first-order valence-corrected chi connectivity index (χ1v) is 7.86. The zero-order chi connectivity index (χ0) is 16.9. The molecule has 1 aliphatic rings. The molecule has 0 aliphatic carbocycles. The van der Waals surface area contributed by atoms with Gasteiger partial charge in [0.05, 0.1) is 18.9 Å². The van der Waals surface area contributed by atoms with Gasteiger partial charge in [-0.1, -0.05) is 12.1 Å². The van der Waals surface area contributed by atoms with Crippen LogP contribution < -0.4 is 9.47 Å². The molecular weight excluding hydrogens is 320 g/mol. The van der Waals surface area contributed by atoms with Crippen LogP contribution in [0.3, 0.4) is 0 Å². The van der Waals surface area contributed by atoms with Crippen LogP contribution in [0.5, 0.6) is 11.5 Å². The van der Waals surface area contributed by atoms with Crippen molar-refractivity contribution < 1.29 is 18.6 Å². The number of hydrogen-bond acceptors (Lipinski definition) is 6. The van der Waals surface area contributed by atoms with Crippen LogP contribution in [0.2, 0.25) is 0 Å². The van der Waals surface area contributed by atoms with Gasteiger partial charge in [-0.2, -0.15) is 0 Å². The maximum absolute atomic E-state index is 5.59. The van der Waals surface area contributed by atoms with E-state index in [1.165, 1.54) is 0 Å².